The summed E-state index contributed by atoms with van der Waals surface area (Å²) in [4.78, 5) is 24.8. The number of nitriles is 1. The van der Waals surface area contributed by atoms with Crippen LogP contribution in [0.4, 0.5) is 5.00 Å². The molecule has 0 radical (unpaired) electrons. The molecule has 0 saturated carbocycles. The van der Waals surface area contributed by atoms with Crippen LogP contribution in [0.15, 0.2) is 11.4 Å². The van der Waals surface area contributed by atoms with Crippen molar-refractivity contribution in [2.24, 2.45) is 5.92 Å². The largest absolute Gasteiger partial charge is 0.317 e. The third-order valence-electron chi connectivity index (χ3n) is 3.43. The molecule has 5 nitrogen and oxygen atoms in total. The van der Waals surface area contributed by atoms with Crippen molar-refractivity contribution in [2.45, 2.75) is 19.3 Å². The average Bonchev–Trinajstić information content (AvgIpc) is 2.92. The standard InChI is InChI=1S/C14H17N3O2S/c15-8-12-4-7-20-14(12)16-13(19)3-6-17-5-1-2-11(9-17)10-18/h4,7,10-11H,1-3,5-6,9H2,(H,16,19). The van der Waals surface area contributed by atoms with Crippen LogP contribution in [0.25, 0.3) is 0 Å². The maximum Gasteiger partial charge on any atom is 0.226 e. The molecule has 0 aromatic carbocycles. The van der Waals surface area contributed by atoms with Gasteiger partial charge in [-0.25, -0.2) is 0 Å². The molecule has 1 N–H and O–H groups in total. The number of thiophene rings is 1. The SMILES string of the molecule is N#Cc1ccsc1NC(=O)CCN1CCCC(C=O)C1. The first-order valence-corrected chi connectivity index (χ1v) is 7.56. The van der Waals surface area contributed by atoms with Crippen molar-refractivity contribution in [1.82, 2.24) is 4.90 Å². The highest BCUT2D eigenvalue weighted by atomic mass is 32.1. The summed E-state index contributed by atoms with van der Waals surface area (Å²) in [6.45, 7) is 2.35. The Morgan fingerprint density at radius 3 is 3.25 bits per heavy atom. The van der Waals surface area contributed by atoms with Crippen molar-refractivity contribution < 1.29 is 9.59 Å². The lowest BCUT2D eigenvalue weighted by Crippen LogP contribution is -2.37. The molecule has 0 aliphatic carbocycles. The first kappa shape index (κ1) is 14.7. The Morgan fingerprint density at radius 2 is 2.50 bits per heavy atom. The summed E-state index contributed by atoms with van der Waals surface area (Å²) in [6.07, 6.45) is 3.35. The van der Waals surface area contributed by atoms with Crippen molar-refractivity contribution >= 4 is 28.5 Å². The number of hydrogen-bond acceptors (Lipinski definition) is 5. The molecule has 2 heterocycles. The quantitative estimate of drug-likeness (QED) is 0.840. The Kier molecular flexibility index (Phi) is 5.27. The third-order valence-corrected chi connectivity index (χ3v) is 4.26. The molecule has 1 aromatic rings. The van der Waals surface area contributed by atoms with Gasteiger partial charge in [0.15, 0.2) is 0 Å². The van der Waals surface area contributed by atoms with Crippen molar-refractivity contribution in [3.8, 4) is 6.07 Å². The lowest BCUT2D eigenvalue weighted by atomic mass is 10.00. The van der Waals surface area contributed by atoms with Crippen LogP contribution >= 0.6 is 11.3 Å². The van der Waals surface area contributed by atoms with E-state index in [4.69, 9.17) is 5.26 Å². The third kappa shape index (κ3) is 3.89. The highest BCUT2D eigenvalue weighted by Crippen LogP contribution is 2.22. The fourth-order valence-corrected chi connectivity index (χ4v) is 3.10. The van der Waals surface area contributed by atoms with Crippen LogP contribution in [0.3, 0.4) is 0 Å². The molecule has 0 spiro atoms. The predicted molar refractivity (Wildman–Crippen MR) is 77.5 cm³/mol. The molecule has 1 saturated heterocycles. The number of amides is 1. The summed E-state index contributed by atoms with van der Waals surface area (Å²) in [5, 5.41) is 14.0. The van der Waals surface area contributed by atoms with Gasteiger partial charge in [0.25, 0.3) is 0 Å². The van der Waals surface area contributed by atoms with E-state index in [0.717, 1.165) is 32.2 Å². The molecule has 1 aliphatic rings. The molecule has 6 heteroatoms. The topological polar surface area (TPSA) is 73.2 Å². The van der Waals surface area contributed by atoms with Gasteiger partial charge in [-0.15, -0.1) is 11.3 Å². The van der Waals surface area contributed by atoms with E-state index in [2.05, 4.69) is 10.2 Å². The van der Waals surface area contributed by atoms with Crippen LogP contribution in [0.1, 0.15) is 24.8 Å². The summed E-state index contributed by atoms with van der Waals surface area (Å²) < 4.78 is 0. The number of carbonyl (C=O) groups is 2. The number of carbonyl (C=O) groups excluding carboxylic acids is 2. The molecule has 20 heavy (non-hydrogen) atoms. The van der Waals surface area contributed by atoms with E-state index in [0.29, 0.717) is 23.5 Å². The second-order valence-electron chi connectivity index (χ2n) is 4.91. The Bertz CT molecular complexity index is 521. The van der Waals surface area contributed by atoms with Gasteiger partial charge in [-0.3, -0.25) is 4.79 Å². The van der Waals surface area contributed by atoms with E-state index in [9.17, 15) is 9.59 Å². The lowest BCUT2D eigenvalue weighted by molar-refractivity contribution is -0.116. The van der Waals surface area contributed by atoms with Gasteiger partial charge in [-0.1, -0.05) is 0 Å². The smallest absolute Gasteiger partial charge is 0.226 e. The number of piperidine rings is 1. The summed E-state index contributed by atoms with van der Waals surface area (Å²) in [5.74, 6) is 0.0199. The maximum atomic E-state index is 11.9. The van der Waals surface area contributed by atoms with E-state index in [1.807, 2.05) is 6.07 Å². The highest BCUT2D eigenvalue weighted by Gasteiger charge is 2.19. The molecule has 1 unspecified atom stereocenters. The summed E-state index contributed by atoms with van der Waals surface area (Å²) in [6, 6.07) is 3.74. The van der Waals surface area contributed by atoms with Crippen LogP contribution in [-0.2, 0) is 9.59 Å². The molecule has 1 fully saturated rings. The number of aldehydes is 1. The Labute approximate surface area is 122 Å². The lowest BCUT2D eigenvalue weighted by Gasteiger charge is -2.29. The number of nitrogens with zero attached hydrogens (tertiary/aromatic N) is 2. The van der Waals surface area contributed by atoms with Crippen molar-refractivity contribution in [2.75, 3.05) is 25.0 Å². The zero-order chi connectivity index (χ0) is 14.4. The van der Waals surface area contributed by atoms with Crippen molar-refractivity contribution in [1.29, 1.82) is 5.26 Å². The molecule has 0 bridgehead atoms. The molecule has 1 aromatic heterocycles. The van der Waals surface area contributed by atoms with Crippen LogP contribution in [0.5, 0.6) is 0 Å². The summed E-state index contributed by atoms with van der Waals surface area (Å²) in [5.41, 5.74) is 0.502. The van der Waals surface area contributed by atoms with Gasteiger partial charge in [-0.05, 0) is 30.8 Å². The minimum Gasteiger partial charge on any atom is -0.317 e. The van der Waals surface area contributed by atoms with Gasteiger partial charge in [0.05, 0.1) is 5.56 Å². The molecular weight excluding hydrogens is 274 g/mol. The molecule has 1 amide bonds. The van der Waals surface area contributed by atoms with Crippen LogP contribution in [-0.4, -0.2) is 36.7 Å². The Hall–Kier alpha value is -1.71. The van der Waals surface area contributed by atoms with Gasteiger partial charge in [0, 0.05) is 25.4 Å². The van der Waals surface area contributed by atoms with E-state index in [-0.39, 0.29) is 11.8 Å². The van der Waals surface area contributed by atoms with Crippen LogP contribution in [0.2, 0.25) is 0 Å². The second-order valence-corrected chi connectivity index (χ2v) is 5.83. The molecule has 1 aliphatic heterocycles. The van der Waals surface area contributed by atoms with E-state index in [1.165, 1.54) is 11.3 Å². The number of anilines is 1. The number of nitrogens with one attached hydrogen (secondary N) is 1. The maximum absolute atomic E-state index is 11.9. The Balaban J connectivity index is 1.78. The van der Waals surface area contributed by atoms with Gasteiger partial charge >= 0.3 is 0 Å². The number of hydrogen-bond donors (Lipinski definition) is 1. The fraction of sp³-hybridized carbons (Fsp3) is 0.500. The van der Waals surface area contributed by atoms with Gasteiger partial charge in [-0.2, -0.15) is 5.26 Å². The second kappa shape index (κ2) is 7.17. The predicted octanol–water partition coefficient (Wildman–Crippen LogP) is 1.86. The minimum atomic E-state index is -0.0859. The monoisotopic (exact) mass is 291 g/mol. The molecule has 2 rings (SSSR count). The highest BCUT2D eigenvalue weighted by molar-refractivity contribution is 7.14. The number of rotatable bonds is 5. The molecule has 106 valence electrons. The van der Waals surface area contributed by atoms with Gasteiger partial charge in [0.2, 0.25) is 5.91 Å². The number of likely N-dealkylation sites (tertiary alicyclic amines) is 1. The first-order chi connectivity index (χ1) is 9.72. The van der Waals surface area contributed by atoms with Gasteiger partial charge in [0.1, 0.15) is 17.4 Å². The van der Waals surface area contributed by atoms with Crippen LogP contribution in [0, 0.1) is 17.2 Å². The zero-order valence-electron chi connectivity index (χ0n) is 11.2. The zero-order valence-corrected chi connectivity index (χ0v) is 12.0. The van der Waals surface area contributed by atoms with Crippen LogP contribution < -0.4 is 5.32 Å². The fourth-order valence-electron chi connectivity index (χ4n) is 2.35. The molecule has 1 atom stereocenters. The minimum absolute atomic E-state index is 0.0859. The Morgan fingerprint density at radius 1 is 1.65 bits per heavy atom. The normalized spacial score (nSPS) is 19.2. The summed E-state index contributed by atoms with van der Waals surface area (Å²) >= 11 is 1.35. The van der Waals surface area contributed by atoms with Crippen molar-refractivity contribution in [3.63, 3.8) is 0 Å². The first-order valence-electron chi connectivity index (χ1n) is 6.68. The average molecular weight is 291 g/mol. The summed E-state index contributed by atoms with van der Waals surface area (Å²) in [7, 11) is 0. The van der Waals surface area contributed by atoms with E-state index >= 15 is 0 Å². The van der Waals surface area contributed by atoms with E-state index < -0.39 is 0 Å². The van der Waals surface area contributed by atoms with E-state index in [1.54, 1.807) is 11.4 Å². The van der Waals surface area contributed by atoms with Gasteiger partial charge < -0.3 is 15.0 Å². The molecular formula is C14H17N3O2S. The van der Waals surface area contributed by atoms with Crippen molar-refractivity contribution in [3.05, 3.63) is 17.0 Å².